The molecule has 3 atom stereocenters. The number of hydrogen-bond acceptors (Lipinski definition) is 3. The minimum Gasteiger partial charge on any atom is -0.329 e. The van der Waals surface area contributed by atoms with E-state index >= 15 is 0 Å². The maximum Gasteiger partial charge on any atom is 0.282 e. The van der Waals surface area contributed by atoms with Gasteiger partial charge in [0, 0.05) is 32.2 Å². The summed E-state index contributed by atoms with van der Waals surface area (Å²) in [5.41, 5.74) is 5.81. The molecule has 2 fully saturated rings. The first-order valence-corrected chi connectivity index (χ1v) is 8.83. The summed E-state index contributed by atoms with van der Waals surface area (Å²) in [5.74, 6) is 0.817. The molecule has 2 heterocycles. The maximum absolute atomic E-state index is 12.8. The second-order valence-electron chi connectivity index (χ2n) is 6.15. The minimum absolute atomic E-state index is 0.0315. The Hall–Kier alpha value is -0.170. The van der Waals surface area contributed by atoms with E-state index in [-0.39, 0.29) is 6.04 Å². The molecule has 0 aromatic heterocycles. The first-order chi connectivity index (χ1) is 8.96. The van der Waals surface area contributed by atoms with Gasteiger partial charge in [0.2, 0.25) is 0 Å². The summed E-state index contributed by atoms with van der Waals surface area (Å²) in [6, 6.07) is -0.0315. The Labute approximate surface area is 117 Å². The van der Waals surface area contributed by atoms with Crippen LogP contribution in [-0.4, -0.2) is 49.2 Å². The molecule has 2 aliphatic heterocycles. The van der Waals surface area contributed by atoms with Crippen LogP contribution in [0.4, 0.5) is 0 Å². The lowest BCUT2D eigenvalue weighted by molar-refractivity contribution is 0.171. The Morgan fingerprint density at radius 2 is 1.84 bits per heavy atom. The highest BCUT2D eigenvalue weighted by Crippen LogP contribution is 2.28. The monoisotopic (exact) mass is 289 g/mol. The Morgan fingerprint density at radius 3 is 2.47 bits per heavy atom. The largest absolute Gasteiger partial charge is 0.329 e. The predicted octanol–water partition coefficient (Wildman–Crippen LogP) is 1.02. The lowest BCUT2D eigenvalue weighted by atomic mass is 9.93. The molecule has 2 saturated heterocycles. The summed E-state index contributed by atoms with van der Waals surface area (Å²) in [5, 5.41) is 0. The van der Waals surface area contributed by atoms with Gasteiger partial charge in [0.15, 0.2) is 0 Å². The van der Waals surface area contributed by atoms with Crippen molar-refractivity contribution in [2.24, 2.45) is 17.6 Å². The number of piperidine rings is 2. The summed E-state index contributed by atoms with van der Waals surface area (Å²) in [7, 11) is -3.33. The van der Waals surface area contributed by atoms with E-state index in [1.807, 2.05) is 0 Å². The molecule has 19 heavy (non-hydrogen) atoms. The molecular formula is C13H27N3O2S. The Kier molecular flexibility index (Phi) is 4.87. The number of hydrogen-bond donors (Lipinski definition) is 1. The van der Waals surface area contributed by atoms with Gasteiger partial charge in [-0.3, -0.25) is 0 Å². The normalized spacial score (nSPS) is 35.4. The third-order valence-corrected chi connectivity index (χ3v) is 6.58. The number of nitrogens with zero attached hydrogens (tertiary/aromatic N) is 2. The zero-order valence-corrected chi connectivity index (χ0v) is 12.9. The molecular weight excluding hydrogens is 262 g/mol. The molecule has 0 saturated carbocycles. The van der Waals surface area contributed by atoms with Crippen LogP contribution < -0.4 is 5.73 Å². The van der Waals surface area contributed by atoms with Crippen LogP contribution in [0.5, 0.6) is 0 Å². The van der Waals surface area contributed by atoms with Crippen molar-refractivity contribution in [3.8, 4) is 0 Å². The maximum atomic E-state index is 12.8. The quantitative estimate of drug-likeness (QED) is 0.843. The molecule has 0 aromatic rings. The van der Waals surface area contributed by atoms with Crippen molar-refractivity contribution in [1.29, 1.82) is 0 Å². The average Bonchev–Trinajstić information content (AvgIpc) is 2.38. The van der Waals surface area contributed by atoms with E-state index < -0.39 is 10.2 Å². The Balaban J connectivity index is 2.17. The van der Waals surface area contributed by atoms with Gasteiger partial charge in [-0.05, 0) is 37.5 Å². The predicted molar refractivity (Wildman–Crippen MR) is 76.8 cm³/mol. The second-order valence-corrected chi connectivity index (χ2v) is 8.03. The van der Waals surface area contributed by atoms with Crippen LogP contribution in [-0.2, 0) is 10.2 Å². The van der Waals surface area contributed by atoms with Gasteiger partial charge in [-0.2, -0.15) is 17.0 Å². The third-order valence-electron chi connectivity index (χ3n) is 4.55. The van der Waals surface area contributed by atoms with Gasteiger partial charge in [0.05, 0.1) is 0 Å². The standard InChI is InChI=1S/C13H27N3O2S/c1-11-5-3-7-15(10-11)19(17,18)16-8-4-6-12(2)13(16)9-14/h11-13H,3-10,14H2,1-2H3/t11-,12-,13-/m1/s1. The second kappa shape index (κ2) is 6.08. The highest BCUT2D eigenvalue weighted by atomic mass is 32.2. The van der Waals surface area contributed by atoms with Crippen LogP contribution in [0.3, 0.4) is 0 Å². The summed E-state index contributed by atoms with van der Waals surface area (Å²) in [6.45, 7) is 6.60. The Bertz CT molecular complexity index is 399. The van der Waals surface area contributed by atoms with Gasteiger partial charge in [0.25, 0.3) is 10.2 Å². The van der Waals surface area contributed by atoms with Gasteiger partial charge < -0.3 is 5.73 Å². The van der Waals surface area contributed by atoms with Crippen LogP contribution in [0.2, 0.25) is 0 Å². The lowest BCUT2D eigenvalue weighted by Crippen LogP contribution is -2.56. The smallest absolute Gasteiger partial charge is 0.282 e. The molecule has 2 N–H and O–H groups in total. The van der Waals surface area contributed by atoms with E-state index in [9.17, 15) is 8.42 Å². The lowest BCUT2D eigenvalue weighted by Gasteiger charge is -2.42. The minimum atomic E-state index is -3.33. The van der Waals surface area contributed by atoms with E-state index in [1.54, 1.807) is 8.61 Å². The molecule has 0 spiro atoms. The van der Waals surface area contributed by atoms with Gasteiger partial charge in [0.1, 0.15) is 0 Å². The molecule has 6 heteroatoms. The van der Waals surface area contributed by atoms with Crippen LogP contribution in [0.15, 0.2) is 0 Å². The van der Waals surface area contributed by atoms with Crippen LogP contribution >= 0.6 is 0 Å². The van der Waals surface area contributed by atoms with Gasteiger partial charge in [-0.1, -0.05) is 13.8 Å². The molecule has 0 amide bonds. The fourth-order valence-corrected chi connectivity index (χ4v) is 5.45. The fraction of sp³-hybridized carbons (Fsp3) is 1.00. The highest BCUT2D eigenvalue weighted by Gasteiger charge is 2.39. The van der Waals surface area contributed by atoms with Crippen LogP contribution in [0.25, 0.3) is 0 Å². The van der Waals surface area contributed by atoms with Crippen molar-refractivity contribution in [1.82, 2.24) is 8.61 Å². The zero-order valence-electron chi connectivity index (χ0n) is 12.1. The van der Waals surface area contributed by atoms with E-state index in [0.717, 1.165) is 25.7 Å². The molecule has 112 valence electrons. The van der Waals surface area contributed by atoms with Crippen molar-refractivity contribution in [3.05, 3.63) is 0 Å². The Morgan fingerprint density at radius 1 is 1.16 bits per heavy atom. The summed E-state index contributed by atoms with van der Waals surface area (Å²) >= 11 is 0. The highest BCUT2D eigenvalue weighted by molar-refractivity contribution is 7.86. The van der Waals surface area contributed by atoms with Crippen LogP contribution in [0.1, 0.15) is 39.5 Å². The van der Waals surface area contributed by atoms with Gasteiger partial charge >= 0.3 is 0 Å². The molecule has 0 radical (unpaired) electrons. The van der Waals surface area contributed by atoms with Crippen molar-refractivity contribution in [3.63, 3.8) is 0 Å². The molecule has 0 unspecified atom stereocenters. The van der Waals surface area contributed by atoms with Crippen molar-refractivity contribution in [2.45, 2.75) is 45.6 Å². The van der Waals surface area contributed by atoms with Gasteiger partial charge in [-0.15, -0.1) is 0 Å². The molecule has 0 aromatic carbocycles. The first kappa shape index (κ1) is 15.2. The molecule has 0 aliphatic carbocycles. The molecule has 2 rings (SSSR count). The van der Waals surface area contributed by atoms with Gasteiger partial charge in [-0.25, -0.2) is 0 Å². The van der Waals surface area contributed by atoms with E-state index in [2.05, 4.69) is 13.8 Å². The molecule has 0 bridgehead atoms. The van der Waals surface area contributed by atoms with Crippen molar-refractivity contribution >= 4 is 10.2 Å². The zero-order chi connectivity index (χ0) is 14.0. The average molecular weight is 289 g/mol. The topological polar surface area (TPSA) is 66.6 Å². The first-order valence-electron chi connectivity index (χ1n) is 7.43. The number of rotatable bonds is 3. The number of nitrogens with two attached hydrogens (primary N) is 1. The van der Waals surface area contributed by atoms with Crippen molar-refractivity contribution in [2.75, 3.05) is 26.2 Å². The molecule has 5 nitrogen and oxygen atoms in total. The SMILES string of the molecule is C[C@@H]1CCCN(S(=O)(=O)N2CCC[C@@H](C)[C@H]2CN)C1. The van der Waals surface area contributed by atoms with E-state index in [0.29, 0.717) is 38.0 Å². The third kappa shape index (κ3) is 3.12. The summed E-state index contributed by atoms with van der Waals surface area (Å²) in [6.07, 6.45) is 4.12. The summed E-state index contributed by atoms with van der Waals surface area (Å²) < 4.78 is 28.9. The fourth-order valence-electron chi connectivity index (χ4n) is 3.35. The van der Waals surface area contributed by atoms with Crippen molar-refractivity contribution < 1.29 is 8.42 Å². The van der Waals surface area contributed by atoms with Crippen LogP contribution in [0, 0.1) is 11.8 Å². The summed E-state index contributed by atoms with van der Waals surface area (Å²) in [4.78, 5) is 0. The molecule has 2 aliphatic rings. The van der Waals surface area contributed by atoms with E-state index in [1.165, 1.54) is 0 Å². The van der Waals surface area contributed by atoms with E-state index in [4.69, 9.17) is 5.73 Å².